The lowest BCUT2D eigenvalue weighted by atomic mass is 10.1. The number of ether oxygens (including phenoxy) is 1. The van der Waals surface area contributed by atoms with Crippen LogP contribution in [0.15, 0.2) is 23.3 Å². The highest BCUT2D eigenvalue weighted by atomic mass is 127. The van der Waals surface area contributed by atoms with E-state index in [1.807, 2.05) is 39.8 Å². The van der Waals surface area contributed by atoms with Crippen LogP contribution in [0.25, 0.3) is 0 Å². The molecule has 1 heterocycles. The van der Waals surface area contributed by atoms with Crippen molar-refractivity contribution in [3.8, 4) is 5.88 Å². The third-order valence-corrected chi connectivity index (χ3v) is 3.27. The quantitative estimate of drug-likeness (QED) is 0.214. The zero-order valence-electron chi connectivity index (χ0n) is 17.1. The number of hydrogen-bond acceptors (Lipinski definition) is 4. The summed E-state index contributed by atoms with van der Waals surface area (Å²) in [6.45, 7) is 11.9. The maximum Gasteiger partial charge on any atom is 0.239 e. The Kier molecular flexibility index (Phi) is 12.8. The van der Waals surface area contributed by atoms with E-state index in [1.165, 1.54) is 0 Å². The summed E-state index contributed by atoms with van der Waals surface area (Å²) in [5.41, 5.74) is 0.661. The molecule has 7 nitrogen and oxygen atoms in total. The smallest absolute Gasteiger partial charge is 0.239 e. The van der Waals surface area contributed by atoms with E-state index in [9.17, 15) is 4.79 Å². The summed E-state index contributed by atoms with van der Waals surface area (Å²) in [4.78, 5) is 20.8. The minimum absolute atomic E-state index is 0. The first-order chi connectivity index (χ1) is 12.4. The number of amides is 1. The molecule has 0 atom stereocenters. The van der Waals surface area contributed by atoms with E-state index in [2.05, 4.69) is 32.9 Å². The molecule has 1 amide bonds. The second-order valence-corrected chi connectivity index (χ2v) is 7.02. The third kappa shape index (κ3) is 11.7. The van der Waals surface area contributed by atoms with Crippen molar-refractivity contribution in [3.63, 3.8) is 0 Å². The number of carbonyl (C=O) groups excluding carboxylic acids is 1. The number of pyridine rings is 1. The Labute approximate surface area is 180 Å². The van der Waals surface area contributed by atoms with Gasteiger partial charge in [0.05, 0.1) is 19.7 Å². The molecule has 0 aliphatic carbocycles. The Morgan fingerprint density at radius 2 is 2.00 bits per heavy atom. The van der Waals surface area contributed by atoms with Crippen molar-refractivity contribution < 1.29 is 9.53 Å². The fraction of sp³-hybridized carbons (Fsp3) is 0.632. The van der Waals surface area contributed by atoms with Crippen LogP contribution in [0.4, 0.5) is 0 Å². The molecule has 0 radical (unpaired) electrons. The van der Waals surface area contributed by atoms with Crippen LogP contribution in [0.5, 0.6) is 5.88 Å². The Morgan fingerprint density at radius 1 is 1.26 bits per heavy atom. The van der Waals surface area contributed by atoms with Gasteiger partial charge in [-0.25, -0.2) is 9.98 Å². The average molecular weight is 491 g/mol. The van der Waals surface area contributed by atoms with E-state index in [0.29, 0.717) is 31.5 Å². The summed E-state index contributed by atoms with van der Waals surface area (Å²) in [6, 6.07) is 3.82. The zero-order valence-corrected chi connectivity index (χ0v) is 19.4. The molecule has 1 aromatic rings. The molecule has 0 saturated carbocycles. The summed E-state index contributed by atoms with van der Waals surface area (Å²) in [5.74, 6) is 1.12. The summed E-state index contributed by atoms with van der Waals surface area (Å²) in [7, 11) is 0. The molecule has 1 aromatic heterocycles. The summed E-state index contributed by atoms with van der Waals surface area (Å²) in [5, 5.41) is 9.11. The van der Waals surface area contributed by atoms with Crippen molar-refractivity contribution in [1.82, 2.24) is 20.9 Å². The van der Waals surface area contributed by atoms with Gasteiger partial charge < -0.3 is 20.7 Å². The van der Waals surface area contributed by atoms with Crippen LogP contribution >= 0.6 is 24.0 Å². The van der Waals surface area contributed by atoms with Crippen molar-refractivity contribution in [2.75, 3.05) is 19.7 Å². The van der Waals surface area contributed by atoms with E-state index in [0.717, 1.165) is 18.4 Å². The lowest BCUT2D eigenvalue weighted by Crippen LogP contribution is -2.48. The topological polar surface area (TPSA) is 87.6 Å². The van der Waals surface area contributed by atoms with Gasteiger partial charge in [0.15, 0.2) is 5.96 Å². The molecule has 0 unspecified atom stereocenters. The molecule has 0 fully saturated rings. The van der Waals surface area contributed by atoms with E-state index < -0.39 is 0 Å². The van der Waals surface area contributed by atoms with Gasteiger partial charge in [-0.15, -0.1) is 24.0 Å². The Morgan fingerprint density at radius 3 is 2.63 bits per heavy atom. The lowest BCUT2D eigenvalue weighted by Gasteiger charge is -2.21. The van der Waals surface area contributed by atoms with Crippen LogP contribution < -0.4 is 20.7 Å². The number of hydrogen-bond donors (Lipinski definition) is 3. The number of rotatable bonds is 9. The maximum atomic E-state index is 12.0. The largest absolute Gasteiger partial charge is 0.477 e. The van der Waals surface area contributed by atoms with Gasteiger partial charge in [-0.3, -0.25) is 4.79 Å². The van der Waals surface area contributed by atoms with Crippen LogP contribution in [-0.2, 0) is 11.3 Å². The molecule has 0 saturated heterocycles. The predicted octanol–water partition coefficient (Wildman–Crippen LogP) is 2.85. The molecule has 0 spiro atoms. The first-order valence-corrected chi connectivity index (χ1v) is 9.25. The SMILES string of the molecule is CCCCOc1ncccc1CN=C(NCC)NCC(=O)NC(C)(C)C.I. The lowest BCUT2D eigenvalue weighted by molar-refractivity contribution is -0.121. The van der Waals surface area contributed by atoms with Crippen LogP contribution in [0, 0.1) is 0 Å². The van der Waals surface area contributed by atoms with Gasteiger partial charge in [0.2, 0.25) is 11.8 Å². The maximum absolute atomic E-state index is 12.0. The number of nitrogens with one attached hydrogen (secondary N) is 3. The Balaban J connectivity index is 0.00000676. The van der Waals surface area contributed by atoms with Gasteiger partial charge in [0, 0.05) is 23.8 Å². The number of aromatic nitrogens is 1. The molecule has 0 aliphatic rings. The van der Waals surface area contributed by atoms with Gasteiger partial charge in [0.1, 0.15) is 0 Å². The van der Waals surface area contributed by atoms with Gasteiger partial charge in [-0.1, -0.05) is 19.4 Å². The van der Waals surface area contributed by atoms with E-state index in [4.69, 9.17) is 4.74 Å². The van der Waals surface area contributed by atoms with Crippen molar-refractivity contribution in [3.05, 3.63) is 23.9 Å². The van der Waals surface area contributed by atoms with E-state index in [1.54, 1.807) is 6.20 Å². The minimum atomic E-state index is -0.255. The molecule has 8 heteroatoms. The molecule has 0 bridgehead atoms. The number of unbranched alkanes of at least 4 members (excludes halogenated alkanes) is 1. The summed E-state index contributed by atoms with van der Waals surface area (Å²) in [6.07, 6.45) is 3.78. The molecular formula is C19H34IN5O2. The van der Waals surface area contributed by atoms with Crippen LogP contribution in [0.1, 0.15) is 53.0 Å². The first-order valence-electron chi connectivity index (χ1n) is 9.25. The molecular weight excluding hydrogens is 457 g/mol. The van der Waals surface area contributed by atoms with Crippen molar-refractivity contribution in [2.45, 2.75) is 59.5 Å². The number of nitrogens with zero attached hydrogens (tertiary/aromatic N) is 2. The summed E-state index contributed by atoms with van der Waals surface area (Å²) < 4.78 is 5.74. The van der Waals surface area contributed by atoms with Gasteiger partial charge >= 0.3 is 0 Å². The average Bonchev–Trinajstić information content (AvgIpc) is 2.57. The second-order valence-electron chi connectivity index (χ2n) is 7.02. The van der Waals surface area contributed by atoms with Gasteiger partial charge in [-0.2, -0.15) is 0 Å². The fourth-order valence-corrected chi connectivity index (χ4v) is 2.12. The standard InChI is InChI=1S/C19H33N5O2.HI/c1-6-8-12-26-17-15(10-9-11-21-17)13-22-18(20-7-2)23-14-16(25)24-19(3,4)5;/h9-11H,6-8,12-14H2,1-5H3,(H,24,25)(H2,20,22,23);1H. The first kappa shape index (κ1) is 25.4. The van der Waals surface area contributed by atoms with Crippen molar-refractivity contribution >= 4 is 35.8 Å². The molecule has 0 aromatic carbocycles. The molecule has 3 N–H and O–H groups in total. The number of guanidine groups is 1. The molecule has 1 rings (SSSR count). The number of halogens is 1. The highest BCUT2D eigenvalue weighted by Gasteiger charge is 2.13. The van der Waals surface area contributed by atoms with Crippen molar-refractivity contribution in [1.29, 1.82) is 0 Å². The number of aliphatic imine (C=N–C) groups is 1. The normalized spacial score (nSPS) is 11.4. The molecule has 154 valence electrons. The predicted molar refractivity (Wildman–Crippen MR) is 121 cm³/mol. The fourth-order valence-electron chi connectivity index (χ4n) is 2.12. The third-order valence-electron chi connectivity index (χ3n) is 3.27. The molecule has 27 heavy (non-hydrogen) atoms. The van der Waals surface area contributed by atoms with Gasteiger partial charge in [-0.05, 0) is 40.2 Å². The van der Waals surface area contributed by atoms with Crippen molar-refractivity contribution in [2.24, 2.45) is 4.99 Å². The zero-order chi connectivity index (χ0) is 19.4. The Hall–Kier alpha value is -1.58. The molecule has 0 aliphatic heterocycles. The second kappa shape index (κ2) is 13.6. The van der Waals surface area contributed by atoms with E-state index >= 15 is 0 Å². The van der Waals surface area contributed by atoms with Crippen LogP contribution in [0.2, 0.25) is 0 Å². The highest BCUT2D eigenvalue weighted by molar-refractivity contribution is 14.0. The monoisotopic (exact) mass is 491 g/mol. The number of carbonyl (C=O) groups is 1. The highest BCUT2D eigenvalue weighted by Crippen LogP contribution is 2.15. The Bertz CT molecular complexity index is 588. The van der Waals surface area contributed by atoms with Gasteiger partial charge in [0.25, 0.3) is 0 Å². The minimum Gasteiger partial charge on any atom is -0.477 e. The van der Waals surface area contributed by atoms with Crippen LogP contribution in [0.3, 0.4) is 0 Å². The van der Waals surface area contributed by atoms with Crippen LogP contribution in [-0.4, -0.2) is 42.1 Å². The summed E-state index contributed by atoms with van der Waals surface area (Å²) >= 11 is 0. The van der Waals surface area contributed by atoms with E-state index in [-0.39, 0.29) is 42.0 Å².